The molecule has 1 aliphatic rings. The van der Waals surface area contributed by atoms with E-state index >= 15 is 0 Å². The minimum atomic E-state index is -1.59. The number of nitrogens with zero attached hydrogens (tertiary/aromatic N) is 7. The van der Waals surface area contributed by atoms with E-state index in [-0.39, 0.29) is 61.4 Å². The molecule has 1 aliphatic heterocycles. The lowest BCUT2D eigenvalue weighted by molar-refractivity contribution is -0.124. The summed E-state index contributed by atoms with van der Waals surface area (Å²) in [6.07, 6.45) is -0.384. The Bertz CT molecular complexity index is 3430. The third-order valence-corrected chi connectivity index (χ3v) is 16.5. The highest BCUT2D eigenvalue weighted by molar-refractivity contribution is 7.15. The van der Waals surface area contributed by atoms with Crippen molar-refractivity contribution in [3.63, 3.8) is 0 Å². The maximum atomic E-state index is 13.9. The lowest BCUT2D eigenvalue weighted by atomic mass is 9.99. The minimum absolute atomic E-state index is 0.00724. The van der Waals surface area contributed by atoms with E-state index in [1.165, 1.54) is 79.6 Å². The van der Waals surface area contributed by atoms with E-state index in [0.717, 1.165) is 56.7 Å². The van der Waals surface area contributed by atoms with Gasteiger partial charge in [0, 0.05) is 44.4 Å². The van der Waals surface area contributed by atoms with Gasteiger partial charge in [0.2, 0.25) is 5.91 Å². The van der Waals surface area contributed by atoms with Crippen molar-refractivity contribution in [3.05, 3.63) is 100 Å². The number of aromatic nitrogens is 7. The normalized spacial score (nSPS) is 18.6. The number of allylic oxidation sites excluding steroid dienone is 2. The second-order valence-corrected chi connectivity index (χ2v) is 22.9. The van der Waals surface area contributed by atoms with Gasteiger partial charge in [-0.15, -0.1) is 68.0 Å². The van der Waals surface area contributed by atoms with Crippen LogP contribution in [0.5, 0.6) is 0 Å². The molecule has 29 heteroatoms. The van der Waals surface area contributed by atoms with Crippen LogP contribution in [0.25, 0.3) is 49.1 Å². The van der Waals surface area contributed by atoms with Crippen LogP contribution < -0.4 is 31.9 Å². The molecule has 8 bridgehead atoms. The maximum absolute atomic E-state index is 13.9. The molecule has 8 rings (SSSR count). The number of hydrogen-bond donors (Lipinski definition) is 10. The summed E-state index contributed by atoms with van der Waals surface area (Å²) in [6, 6.07) is -0.252. The molecule has 6 unspecified atom stereocenters. The van der Waals surface area contributed by atoms with Crippen LogP contribution in [-0.2, 0) is 9.59 Å². The molecule has 7 aromatic heterocycles. The molecule has 0 saturated carbocycles. The average Bonchev–Trinajstić information content (AvgIpc) is 4.26. The Labute approximate surface area is 462 Å². The summed E-state index contributed by atoms with van der Waals surface area (Å²) >= 11 is 6.67. The minimum Gasteiger partial charge on any atom is -0.392 e. The molecule has 6 atom stereocenters. The topological polar surface area (TPSA) is 346 Å². The molecule has 0 fully saturated rings. The van der Waals surface area contributed by atoms with Gasteiger partial charge >= 0.3 is 0 Å². The van der Waals surface area contributed by atoms with Crippen LogP contribution in [0.2, 0.25) is 0 Å². The SMILES string of the molecule is C/C=C(/NC(=O)c1csc(-c2csc(-c3ccc4c(n3)-c3csc(n3)C(C(C)O)NC(=O)c3csc(n3)C(C(C)(C)O)NC(=O)c3csc(n3)/C(=C\C)NC(=O)C(C(C)O)NC(=O)c3csc-4n3)n2)n1)C(=O)NCC(C)O. The van der Waals surface area contributed by atoms with Gasteiger partial charge in [0.15, 0.2) is 0 Å². The molecule has 402 valence electrons. The van der Waals surface area contributed by atoms with Crippen molar-refractivity contribution < 1.29 is 49.2 Å². The second-order valence-electron chi connectivity index (χ2n) is 17.7. The highest BCUT2D eigenvalue weighted by atomic mass is 32.1. The van der Waals surface area contributed by atoms with E-state index in [4.69, 9.17) is 15.0 Å². The zero-order valence-corrected chi connectivity index (χ0v) is 46.7. The Morgan fingerprint density at radius 3 is 1.86 bits per heavy atom. The number of carbonyl (C=O) groups excluding carboxylic acids is 6. The number of amides is 6. The number of aliphatic hydroxyl groups is 4. The van der Waals surface area contributed by atoms with Gasteiger partial charge in [-0.1, -0.05) is 12.2 Å². The first-order valence-corrected chi connectivity index (χ1v) is 28.6. The predicted octanol–water partition coefficient (Wildman–Crippen LogP) is 4.68. The number of fused-ring (bicyclic) bond motifs is 11. The van der Waals surface area contributed by atoms with Crippen LogP contribution in [0.1, 0.15) is 118 Å². The highest BCUT2D eigenvalue weighted by Crippen LogP contribution is 2.38. The van der Waals surface area contributed by atoms with Crippen LogP contribution in [0, 0.1) is 0 Å². The first-order valence-electron chi connectivity index (χ1n) is 23.3. The fraction of sp³-hybridized carbons (Fsp3) is 0.312. The second kappa shape index (κ2) is 23.8. The Morgan fingerprint density at radius 2 is 1.19 bits per heavy atom. The summed E-state index contributed by atoms with van der Waals surface area (Å²) in [6.45, 7) is 10.5. The number of nitrogens with one attached hydrogen (secondary N) is 6. The molecular formula is C48H49N13O10S6. The number of hydrogen-bond acceptors (Lipinski definition) is 23. The van der Waals surface area contributed by atoms with Crippen LogP contribution >= 0.6 is 68.0 Å². The third kappa shape index (κ3) is 12.9. The van der Waals surface area contributed by atoms with Crippen molar-refractivity contribution in [2.45, 2.75) is 90.5 Å². The van der Waals surface area contributed by atoms with Gasteiger partial charge in [-0.3, -0.25) is 28.8 Å². The van der Waals surface area contributed by atoms with Crippen molar-refractivity contribution in [2.75, 3.05) is 6.54 Å². The Hall–Kier alpha value is -6.93. The van der Waals surface area contributed by atoms with E-state index in [1.54, 1.807) is 36.7 Å². The Morgan fingerprint density at radius 1 is 0.649 bits per heavy atom. The summed E-state index contributed by atoms with van der Waals surface area (Å²) in [7, 11) is 0. The zero-order chi connectivity index (χ0) is 55.5. The lowest BCUT2D eigenvalue weighted by Gasteiger charge is -2.28. The van der Waals surface area contributed by atoms with Crippen LogP contribution in [0.4, 0.5) is 0 Å². The van der Waals surface area contributed by atoms with Crippen molar-refractivity contribution >= 4 is 109 Å². The van der Waals surface area contributed by atoms with Crippen molar-refractivity contribution in [1.82, 2.24) is 66.8 Å². The number of aliphatic hydroxyl groups excluding tert-OH is 3. The average molecular weight is 1160 g/mol. The monoisotopic (exact) mass is 1160 g/mol. The Balaban J connectivity index is 1.15. The van der Waals surface area contributed by atoms with Gasteiger partial charge < -0.3 is 52.3 Å². The van der Waals surface area contributed by atoms with Crippen molar-refractivity contribution in [2.24, 2.45) is 0 Å². The van der Waals surface area contributed by atoms with Crippen LogP contribution in [-0.4, -0.2) is 127 Å². The molecule has 0 aromatic carbocycles. The molecule has 0 spiro atoms. The molecular weight excluding hydrogens is 1110 g/mol. The predicted molar refractivity (Wildman–Crippen MR) is 292 cm³/mol. The van der Waals surface area contributed by atoms with Crippen LogP contribution in [0.3, 0.4) is 0 Å². The summed E-state index contributed by atoms with van der Waals surface area (Å²) in [5, 5.41) is 69.9. The summed E-state index contributed by atoms with van der Waals surface area (Å²) in [4.78, 5) is 114. The maximum Gasteiger partial charge on any atom is 0.275 e. The van der Waals surface area contributed by atoms with Gasteiger partial charge in [-0.25, -0.2) is 34.9 Å². The van der Waals surface area contributed by atoms with Crippen molar-refractivity contribution in [1.29, 1.82) is 0 Å². The lowest BCUT2D eigenvalue weighted by Crippen LogP contribution is -2.52. The first kappa shape index (κ1) is 56.3. The summed E-state index contributed by atoms with van der Waals surface area (Å²) < 4.78 is 0. The fourth-order valence-electron chi connectivity index (χ4n) is 7.21. The molecule has 0 aliphatic carbocycles. The third-order valence-electron chi connectivity index (χ3n) is 11.2. The Kier molecular flexibility index (Phi) is 17.4. The number of pyridine rings is 1. The molecule has 6 amide bonds. The van der Waals surface area contributed by atoms with Gasteiger partial charge in [-0.05, 0) is 60.6 Å². The van der Waals surface area contributed by atoms with Gasteiger partial charge in [0.25, 0.3) is 29.5 Å². The van der Waals surface area contributed by atoms with Crippen molar-refractivity contribution in [3.8, 4) is 43.4 Å². The molecule has 7 aromatic rings. The molecule has 10 N–H and O–H groups in total. The summed E-state index contributed by atoms with van der Waals surface area (Å²) in [5.41, 5.74) is 0.232. The van der Waals surface area contributed by atoms with E-state index in [9.17, 15) is 49.2 Å². The number of rotatable bonds is 10. The number of carbonyl (C=O) groups is 6. The van der Waals surface area contributed by atoms with E-state index < -0.39 is 77.5 Å². The van der Waals surface area contributed by atoms with Crippen LogP contribution in [0.15, 0.2) is 62.3 Å². The van der Waals surface area contributed by atoms with Gasteiger partial charge in [-0.2, -0.15) is 0 Å². The smallest absolute Gasteiger partial charge is 0.275 e. The molecule has 77 heavy (non-hydrogen) atoms. The van der Waals surface area contributed by atoms with Gasteiger partial charge in [0.05, 0.1) is 35.3 Å². The molecule has 0 radical (unpaired) electrons. The fourth-order valence-corrected chi connectivity index (χ4v) is 12.4. The zero-order valence-electron chi connectivity index (χ0n) is 41.8. The van der Waals surface area contributed by atoms with Gasteiger partial charge in [0.1, 0.15) is 93.7 Å². The molecule has 8 heterocycles. The number of thiazole rings is 6. The molecule has 0 saturated heterocycles. The standard InChI is InChI=1S/C48H49N13O10S6/c1-8-23(36(65)49-12-19(3)62)51-37(66)27-15-74-45(56-27)31-18-75-44(58-31)25-11-10-22-34(50-25)26-13-76-46(53-26)33(21(5)64)60-39(68)29-17-77-47(57-29)35(48(6,7)71)61-40(69)30-16-73-43(55-30)24(9-2)52-41(70)32(20(4)63)59-38(67)28-14-72-42(22)54-28/h8-11,13-21,32-33,35,62-64,71H,12H2,1-7H3,(H,49,65)(H,51,66)(H,52,70)(H,59,67)(H,60,68)(H,61,69)/b23-8+,24-9+. The van der Waals surface area contributed by atoms with E-state index in [0.29, 0.717) is 37.7 Å². The summed E-state index contributed by atoms with van der Waals surface area (Å²) in [5.74, 6) is -4.15. The van der Waals surface area contributed by atoms with E-state index in [2.05, 4.69) is 51.8 Å². The quantitative estimate of drug-likeness (QED) is 0.0831. The first-order chi connectivity index (χ1) is 36.6. The molecule has 23 nitrogen and oxygen atoms in total. The highest BCUT2D eigenvalue weighted by Gasteiger charge is 2.35. The van der Waals surface area contributed by atoms with E-state index in [1.807, 2.05) is 0 Å². The largest absolute Gasteiger partial charge is 0.392 e.